The third-order valence-electron chi connectivity index (χ3n) is 5.77. The molecule has 1 unspecified atom stereocenters. The van der Waals surface area contributed by atoms with Crippen molar-refractivity contribution in [3.05, 3.63) is 103 Å². The molecule has 0 spiro atoms. The standard InChI is InChI=1S/C28H24F2NO3P/c1-3-5-9-22-23(30)16-17-25(28(22)34-27(32)4-2)35(33,21-14-12-20(29)13-15-21)26-18-11-19-8-6-7-10-24(19)31-26/h4,6-8,10-18H,2-3,5,9H2,1H3. The van der Waals surface area contributed by atoms with Crippen LogP contribution in [0.3, 0.4) is 0 Å². The average Bonchev–Trinajstić information content (AvgIpc) is 2.88. The van der Waals surface area contributed by atoms with Crippen LogP contribution in [-0.2, 0) is 15.8 Å². The van der Waals surface area contributed by atoms with Gasteiger partial charge in [-0.1, -0.05) is 44.2 Å². The maximum Gasteiger partial charge on any atom is 0.335 e. The van der Waals surface area contributed by atoms with E-state index in [1.165, 1.54) is 36.4 Å². The van der Waals surface area contributed by atoms with Crippen molar-refractivity contribution in [3.8, 4) is 5.75 Å². The second-order valence-corrected chi connectivity index (χ2v) is 10.7. The summed E-state index contributed by atoms with van der Waals surface area (Å²) in [4.78, 5) is 16.9. The highest BCUT2D eigenvalue weighted by atomic mass is 31.2. The third-order valence-corrected chi connectivity index (χ3v) is 8.72. The molecule has 7 heteroatoms. The van der Waals surface area contributed by atoms with Crippen molar-refractivity contribution < 1.29 is 22.9 Å². The smallest absolute Gasteiger partial charge is 0.335 e. The molecular weight excluding hydrogens is 467 g/mol. The summed E-state index contributed by atoms with van der Waals surface area (Å²) in [7, 11) is -3.84. The summed E-state index contributed by atoms with van der Waals surface area (Å²) in [5.41, 5.74) is 0.986. The predicted molar refractivity (Wildman–Crippen MR) is 135 cm³/mol. The van der Waals surface area contributed by atoms with Crippen LogP contribution in [0.2, 0.25) is 0 Å². The van der Waals surface area contributed by atoms with Crippen molar-refractivity contribution in [3.63, 3.8) is 0 Å². The van der Waals surface area contributed by atoms with Gasteiger partial charge in [-0.05, 0) is 61.4 Å². The van der Waals surface area contributed by atoms with Crippen molar-refractivity contribution in [1.82, 2.24) is 4.98 Å². The maximum atomic E-state index is 15.1. The molecule has 0 fully saturated rings. The molecule has 0 aliphatic carbocycles. The van der Waals surface area contributed by atoms with E-state index in [-0.39, 0.29) is 33.8 Å². The highest BCUT2D eigenvalue weighted by Gasteiger charge is 2.36. The predicted octanol–water partition coefficient (Wildman–Crippen LogP) is 5.59. The van der Waals surface area contributed by atoms with E-state index in [1.807, 2.05) is 25.1 Å². The Balaban J connectivity index is 2.05. The van der Waals surface area contributed by atoms with Crippen molar-refractivity contribution in [1.29, 1.82) is 0 Å². The Morgan fingerprint density at radius 3 is 2.49 bits per heavy atom. The van der Waals surface area contributed by atoms with E-state index in [0.29, 0.717) is 11.9 Å². The van der Waals surface area contributed by atoms with E-state index < -0.39 is 24.7 Å². The summed E-state index contributed by atoms with van der Waals surface area (Å²) in [5.74, 6) is -1.96. The highest BCUT2D eigenvalue weighted by molar-refractivity contribution is 7.85. The van der Waals surface area contributed by atoms with Crippen molar-refractivity contribution in [2.75, 3.05) is 0 Å². The first-order valence-corrected chi connectivity index (χ1v) is 13.0. The van der Waals surface area contributed by atoms with Gasteiger partial charge in [0.1, 0.15) is 22.8 Å². The zero-order chi connectivity index (χ0) is 25.0. The number of nitrogens with zero attached hydrogens (tertiary/aromatic N) is 1. The quantitative estimate of drug-likeness (QED) is 0.140. The number of rotatable bonds is 8. The van der Waals surface area contributed by atoms with E-state index in [1.54, 1.807) is 18.2 Å². The average molecular weight is 491 g/mol. The monoisotopic (exact) mass is 491 g/mol. The fraction of sp³-hybridized carbons (Fsp3) is 0.143. The number of esters is 1. The van der Waals surface area contributed by atoms with Crippen LogP contribution in [0.25, 0.3) is 10.9 Å². The molecule has 0 saturated carbocycles. The molecule has 1 atom stereocenters. The molecule has 4 aromatic rings. The molecule has 0 aliphatic rings. The lowest BCUT2D eigenvalue weighted by Crippen LogP contribution is -2.30. The second-order valence-electron chi connectivity index (χ2n) is 8.05. The molecule has 0 aliphatic heterocycles. The molecule has 0 N–H and O–H groups in total. The summed E-state index contributed by atoms with van der Waals surface area (Å²) < 4.78 is 49.4. The number of pyridine rings is 1. The van der Waals surface area contributed by atoms with Gasteiger partial charge in [0.05, 0.1) is 10.8 Å². The lowest BCUT2D eigenvalue weighted by molar-refractivity contribution is -0.128. The maximum absolute atomic E-state index is 15.1. The minimum absolute atomic E-state index is 0.106. The van der Waals surface area contributed by atoms with Crippen LogP contribution in [0.1, 0.15) is 25.3 Å². The van der Waals surface area contributed by atoms with E-state index in [0.717, 1.165) is 17.9 Å². The molecule has 0 radical (unpaired) electrons. The van der Waals surface area contributed by atoms with Crippen LogP contribution in [0, 0.1) is 11.6 Å². The molecule has 0 bridgehead atoms. The summed E-state index contributed by atoms with van der Waals surface area (Å²) in [5, 5.41) is 1.25. The summed E-state index contributed by atoms with van der Waals surface area (Å²) in [6.45, 7) is 5.39. The Morgan fingerprint density at radius 1 is 1.03 bits per heavy atom. The van der Waals surface area contributed by atoms with Crippen LogP contribution in [0.4, 0.5) is 8.78 Å². The molecular formula is C28H24F2NO3P. The molecule has 3 aromatic carbocycles. The Morgan fingerprint density at radius 2 is 1.77 bits per heavy atom. The van der Waals surface area contributed by atoms with Gasteiger partial charge >= 0.3 is 5.97 Å². The van der Waals surface area contributed by atoms with Gasteiger partial charge < -0.3 is 9.30 Å². The van der Waals surface area contributed by atoms with Crippen LogP contribution in [-0.4, -0.2) is 11.0 Å². The van der Waals surface area contributed by atoms with E-state index in [4.69, 9.17) is 4.74 Å². The van der Waals surface area contributed by atoms with Gasteiger partial charge in [0, 0.05) is 22.3 Å². The Kier molecular flexibility index (Phi) is 7.23. The number of ether oxygens (including phenoxy) is 1. The minimum Gasteiger partial charge on any atom is -0.422 e. The summed E-state index contributed by atoms with van der Waals surface area (Å²) in [6, 6.07) is 18.6. The topological polar surface area (TPSA) is 56.3 Å². The molecule has 178 valence electrons. The van der Waals surface area contributed by atoms with Crippen molar-refractivity contribution in [2.45, 2.75) is 26.2 Å². The van der Waals surface area contributed by atoms with E-state index >= 15 is 4.57 Å². The molecule has 4 nitrogen and oxygen atoms in total. The number of benzene rings is 3. The van der Waals surface area contributed by atoms with Crippen molar-refractivity contribution >= 4 is 40.1 Å². The van der Waals surface area contributed by atoms with Crippen LogP contribution < -0.4 is 20.8 Å². The van der Waals surface area contributed by atoms with Gasteiger partial charge in [-0.2, -0.15) is 0 Å². The molecule has 0 amide bonds. The molecule has 4 rings (SSSR count). The first kappa shape index (κ1) is 24.5. The first-order valence-electron chi connectivity index (χ1n) is 11.3. The summed E-state index contributed by atoms with van der Waals surface area (Å²) >= 11 is 0. The fourth-order valence-electron chi connectivity index (χ4n) is 3.96. The van der Waals surface area contributed by atoms with Crippen LogP contribution >= 0.6 is 7.14 Å². The third kappa shape index (κ3) is 4.80. The summed E-state index contributed by atoms with van der Waals surface area (Å²) in [6.07, 6.45) is 2.66. The Bertz CT molecular complexity index is 1450. The number of hydrogen-bond acceptors (Lipinski definition) is 4. The highest BCUT2D eigenvalue weighted by Crippen LogP contribution is 2.46. The zero-order valence-electron chi connectivity index (χ0n) is 19.2. The van der Waals surface area contributed by atoms with Gasteiger partial charge in [-0.15, -0.1) is 0 Å². The lowest BCUT2D eigenvalue weighted by Gasteiger charge is -2.23. The van der Waals surface area contributed by atoms with E-state index in [2.05, 4.69) is 11.6 Å². The van der Waals surface area contributed by atoms with Gasteiger partial charge in [-0.3, -0.25) is 0 Å². The van der Waals surface area contributed by atoms with Gasteiger partial charge in [0.15, 0.2) is 7.14 Å². The Hall–Kier alpha value is -3.63. The zero-order valence-corrected chi connectivity index (χ0v) is 20.1. The molecule has 0 saturated heterocycles. The molecule has 35 heavy (non-hydrogen) atoms. The normalized spacial score (nSPS) is 12.8. The van der Waals surface area contributed by atoms with Crippen LogP contribution in [0.5, 0.6) is 5.75 Å². The van der Waals surface area contributed by atoms with E-state index in [9.17, 15) is 13.6 Å². The first-order chi connectivity index (χ1) is 16.9. The number of halogens is 2. The number of unbranched alkanes of at least 4 members (excludes halogenated alkanes) is 1. The number of hydrogen-bond donors (Lipinski definition) is 0. The minimum atomic E-state index is -3.84. The van der Waals surface area contributed by atoms with Crippen molar-refractivity contribution in [2.24, 2.45) is 0 Å². The fourth-order valence-corrected chi connectivity index (χ4v) is 6.60. The number of aromatic nitrogens is 1. The molecule has 1 aromatic heterocycles. The number of carbonyl (C=O) groups excluding carboxylic acids is 1. The molecule has 1 heterocycles. The van der Waals surface area contributed by atoms with Gasteiger partial charge in [0.2, 0.25) is 0 Å². The number of para-hydroxylation sites is 1. The number of fused-ring (bicyclic) bond motifs is 1. The van der Waals surface area contributed by atoms with Gasteiger partial charge in [0.25, 0.3) is 0 Å². The SMILES string of the molecule is C=CC(=O)Oc1c(P(=O)(c2ccc(F)cc2)c2ccc3ccccc3n2)ccc(F)c1CCCC. The number of carbonyl (C=O) groups is 1. The lowest BCUT2D eigenvalue weighted by atomic mass is 10.1. The Labute approximate surface area is 202 Å². The largest absolute Gasteiger partial charge is 0.422 e. The van der Waals surface area contributed by atoms with Gasteiger partial charge in [-0.25, -0.2) is 18.6 Å². The second kappa shape index (κ2) is 10.3. The van der Waals surface area contributed by atoms with Crippen LogP contribution in [0.15, 0.2) is 85.5 Å².